The summed E-state index contributed by atoms with van der Waals surface area (Å²) in [5.74, 6) is 0.822. The van der Waals surface area contributed by atoms with Crippen molar-refractivity contribution in [2.45, 2.75) is 32.6 Å². The predicted molar refractivity (Wildman–Crippen MR) is 98.2 cm³/mol. The maximum absolute atomic E-state index is 12.3. The van der Waals surface area contributed by atoms with Gasteiger partial charge in [-0.15, -0.1) is 0 Å². The fourth-order valence-electron chi connectivity index (χ4n) is 3.03. The van der Waals surface area contributed by atoms with Gasteiger partial charge in [0, 0.05) is 13.1 Å². The second kappa shape index (κ2) is 8.67. The zero-order valence-electron chi connectivity index (χ0n) is 15.2. The van der Waals surface area contributed by atoms with Gasteiger partial charge in [0.15, 0.2) is 0 Å². The van der Waals surface area contributed by atoms with Crippen LogP contribution in [0.5, 0.6) is 5.75 Å². The van der Waals surface area contributed by atoms with Gasteiger partial charge < -0.3 is 10.1 Å². The number of carbonyl (C=O) groups is 1. The molecular formula is C18H28N2O4S. The highest BCUT2D eigenvalue weighted by Crippen LogP contribution is 2.25. The molecule has 6 nitrogen and oxygen atoms in total. The molecule has 0 radical (unpaired) electrons. The molecule has 1 saturated heterocycles. The largest absolute Gasteiger partial charge is 0.491 e. The lowest BCUT2D eigenvalue weighted by Crippen LogP contribution is -2.45. The van der Waals surface area contributed by atoms with Gasteiger partial charge in [0.25, 0.3) is 0 Å². The third kappa shape index (κ3) is 5.71. The number of hydrogen-bond donors (Lipinski definition) is 1. The van der Waals surface area contributed by atoms with Gasteiger partial charge in [-0.25, -0.2) is 12.7 Å². The molecular weight excluding hydrogens is 340 g/mol. The monoisotopic (exact) mass is 368 g/mol. The molecule has 1 unspecified atom stereocenters. The fourth-order valence-corrected chi connectivity index (χ4v) is 3.94. The maximum Gasteiger partial charge on any atom is 0.224 e. The summed E-state index contributed by atoms with van der Waals surface area (Å²) in [5.41, 5.74) is 1.14. The van der Waals surface area contributed by atoms with Crippen molar-refractivity contribution in [2.75, 3.05) is 32.5 Å². The zero-order chi connectivity index (χ0) is 18.4. The molecule has 0 spiro atoms. The van der Waals surface area contributed by atoms with E-state index in [1.807, 2.05) is 24.3 Å². The Labute approximate surface area is 150 Å². The molecule has 1 amide bonds. The zero-order valence-corrected chi connectivity index (χ0v) is 16.0. The molecule has 0 bridgehead atoms. The van der Waals surface area contributed by atoms with Gasteiger partial charge in [-0.05, 0) is 30.4 Å². The average Bonchev–Trinajstić information content (AvgIpc) is 2.58. The number of benzene rings is 1. The number of hydrogen-bond acceptors (Lipinski definition) is 4. The van der Waals surface area contributed by atoms with E-state index in [2.05, 4.69) is 19.2 Å². The van der Waals surface area contributed by atoms with Gasteiger partial charge in [0.05, 0.1) is 18.7 Å². The van der Waals surface area contributed by atoms with Crippen LogP contribution in [-0.2, 0) is 14.8 Å². The molecule has 1 N–H and O–H groups in total. The third-order valence-electron chi connectivity index (χ3n) is 4.42. The molecule has 1 heterocycles. The molecule has 0 saturated carbocycles. The van der Waals surface area contributed by atoms with Gasteiger partial charge in [0.2, 0.25) is 15.9 Å². The first kappa shape index (κ1) is 19.7. The third-order valence-corrected chi connectivity index (χ3v) is 5.69. The number of nitrogens with zero attached hydrogens (tertiary/aromatic N) is 1. The Bertz CT molecular complexity index is 688. The quantitative estimate of drug-likeness (QED) is 0.747. The van der Waals surface area contributed by atoms with Gasteiger partial charge in [0.1, 0.15) is 12.4 Å². The molecule has 1 aliphatic rings. The summed E-state index contributed by atoms with van der Waals surface area (Å²) in [6, 6.07) is 7.89. The summed E-state index contributed by atoms with van der Waals surface area (Å²) >= 11 is 0. The van der Waals surface area contributed by atoms with E-state index in [1.54, 1.807) is 0 Å². The van der Waals surface area contributed by atoms with Crippen LogP contribution in [0.3, 0.4) is 0 Å². The topological polar surface area (TPSA) is 75.7 Å². The van der Waals surface area contributed by atoms with Crippen molar-refractivity contribution in [1.29, 1.82) is 0 Å². The van der Waals surface area contributed by atoms with Crippen molar-refractivity contribution in [2.24, 2.45) is 5.92 Å². The van der Waals surface area contributed by atoms with Crippen molar-refractivity contribution >= 4 is 15.9 Å². The lowest BCUT2D eigenvalue weighted by molar-refractivity contribution is -0.126. The first-order valence-corrected chi connectivity index (χ1v) is 10.6. The van der Waals surface area contributed by atoms with Gasteiger partial charge in [-0.2, -0.15) is 0 Å². The van der Waals surface area contributed by atoms with Crippen LogP contribution in [0.1, 0.15) is 38.2 Å². The minimum absolute atomic E-state index is 0.103. The molecule has 1 fully saturated rings. The first-order chi connectivity index (χ1) is 11.8. The van der Waals surface area contributed by atoms with Crippen LogP contribution >= 0.6 is 0 Å². The van der Waals surface area contributed by atoms with E-state index in [0.717, 1.165) is 17.7 Å². The maximum atomic E-state index is 12.3. The molecule has 25 heavy (non-hydrogen) atoms. The molecule has 1 aromatic rings. The van der Waals surface area contributed by atoms with E-state index in [-0.39, 0.29) is 18.4 Å². The second-order valence-electron chi connectivity index (χ2n) is 6.79. The molecule has 7 heteroatoms. The van der Waals surface area contributed by atoms with E-state index >= 15 is 0 Å². The first-order valence-electron chi connectivity index (χ1n) is 8.73. The fraction of sp³-hybridized carbons (Fsp3) is 0.611. The number of rotatable bonds is 7. The van der Waals surface area contributed by atoms with Crippen molar-refractivity contribution in [3.05, 3.63) is 29.8 Å². The highest BCUT2D eigenvalue weighted by Gasteiger charge is 2.29. The molecule has 140 valence electrons. The number of sulfonamides is 1. The Kier molecular flexibility index (Phi) is 6.84. The van der Waals surface area contributed by atoms with E-state index in [1.165, 1.54) is 10.6 Å². The van der Waals surface area contributed by atoms with Crippen LogP contribution in [0.2, 0.25) is 0 Å². The second-order valence-corrected chi connectivity index (χ2v) is 8.77. The van der Waals surface area contributed by atoms with Gasteiger partial charge in [-0.3, -0.25) is 4.79 Å². The van der Waals surface area contributed by atoms with Crippen molar-refractivity contribution in [3.63, 3.8) is 0 Å². The van der Waals surface area contributed by atoms with E-state index in [4.69, 9.17) is 4.74 Å². The minimum atomic E-state index is -3.24. The predicted octanol–water partition coefficient (Wildman–Crippen LogP) is 1.98. The Morgan fingerprint density at radius 1 is 1.36 bits per heavy atom. The number of carbonyl (C=O) groups excluding carboxylic acids is 1. The summed E-state index contributed by atoms with van der Waals surface area (Å²) < 4.78 is 30.4. The van der Waals surface area contributed by atoms with Crippen LogP contribution in [-0.4, -0.2) is 51.1 Å². The minimum Gasteiger partial charge on any atom is -0.491 e. The average molecular weight is 368 g/mol. The van der Waals surface area contributed by atoms with Crippen LogP contribution < -0.4 is 10.1 Å². The molecule has 0 aromatic heterocycles. The van der Waals surface area contributed by atoms with Crippen LogP contribution in [0.4, 0.5) is 0 Å². The Balaban J connectivity index is 1.79. The van der Waals surface area contributed by atoms with Crippen molar-refractivity contribution in [1.82, 2.24) is 9.62 Å². The molecule has 2 rings (SSSR count). The summed E-state index contributed by atoms with van der Waals surface area (Å²) in [7, 11) is -3.24. The van der Waals surface area contributed by atoms with Crippen LogP contribution in [0.15, 0.2) is 24.3 Å². The Morgan fingerprint density at radius 3 is 2.76 bits per heavy atom. The number of piperidine rings is 1. The van der Waals surface area contributed by atoms with Crippen LogP contribution in [0, 0.1) is 5.92 Å². The normalized spacial score (nSPS) is 19.0. The molecule has 1 aromatic carbocycles. The summed E-state index contributed by atoms with van der Waals surface area (Å²) in [5, 5.41) is 2.86. The molecule has 0 aliphatic carbocycles. The highest BCUT2D eigenvalue weighted by atomic mass is 32.2. The number of para-hydroxylation sites is 1. The lowest BCUT2D eigenvalue weighted by atomic mass is 9.99. The smallest absolute Gasteiger partial charge is 0.224 e. The number of nitrogens with one attached hydrogen (secondary N) is 1. The Hall–Kier alpha value is -1.60. The standard InChI is InChI=1S/C18H28N2O4S/c1-14(2)16-8-4-5-9-17(16)24-12-10-19-18(21)15-7-6-11-20(13-15)25(3,22)23/h4-5,8-9,14-15H,6-7,10-13H2,1-3H3,(H,19,21). The number of ether oxygens (including phenoxy) is 1. The summed E-state index contributed by atoms with van der Waals surface area (Å²) in [6.07, 6.45) is 2.62. The summed E-state index contributed by atoms with van der Waals surface area (Å²) in [6.45, 7) is 5.78. The van der Waals surface area contributed by atoms with Crippen molar-refractivity contribution in [3.8, 4) is 5.75 Å². The Morgan fingerprint density at radius 2 is 2.08 bits per heavy atom. The van der Waals surface area contributed by atoms with E-state index < -0.39 is 10.0 Å². The number of amides is 1. The molecule has 1 aliphatic heterocycles. The van der Waals surface area contributed by atoms with E-state index in [9.17, 15) is 13.2 Å². The highest BCUT2D eigenvalue weighted by molar-refractivity contribution is 7.88. The van der Waals surface area contributed by atoms with Crippen molar-refractivity contribution < 1.29 is 17.9 Å². The summed E-state index contributed by atoms with van der Waals surface area (Å²) in [4.78, 5) is 12.3. The lowest BCUT2D eigenvalue weighted by Gasteiger charge is -2.30. The SMILES string of the molecule is CC(C)c1ccccc1OCCNC(=O)C1CCCN(S(C)(=O)=O)C1. The molecule has 1 atom stereocenters. The van der Waals surface area contributed by atoms with Gasteiger partial charge >= 0.3 is 0 Å². The van der Waals surface area contributed by atoms with Crippen LogP contribution in [0.25, 0.3) is 0 Å². The van der Waals surface area contributed by atoms with E-state index in [0.29, 0.717) is 32.0 Å². The van der Waals surface area contributed by atoms with Gasteiger partial charge in [-0.1, -0.05) is 32.0 Å².